The topological polar surface area (TPSA) is 83.6 Å². The van der Waals surface area contributed by atoms with Crippen molar-refractivity contribution in [2.24, 2.45) is 0 Å². The number of hydrogen-bond acceptors (Lipinski definition) is 5. The Labute approximate surface area is 170 Å². The summed E-state index contributed by atoms with van der Waals surface area (Å²) in [5.41, 5.74) is 1.07. The first kappa shape index (κ1) is 22.5. The van der Waals surface area contributed by atoms with E-state index in [9.17, 15) is 26.3 Å². The molecule has 166 valence electrons. The van der Waals surface area contributed by atoms with Gasteiger partial charge in [0.1, 0.15) is 11.5 Å². The molecule has 4 rings (SSSR count). The fourth-order valence-electron chi connectivity index (χ4n) is 2.89. The minimum absolute atomic E-state index is 0.0654. The third-order valence-electron chi connectivity index (χ3n) is 4.34. The number of halogens is 6. The van der Waals surface area contributed by atoms with Gasteiger partial charge in [0.25, 0.3) is 0 Å². The second-order valence-corrected chi connectivity index (χ2v) is 6.70. The number of carboxylic acids is 1. The van der Waals surface area contributed by atoms with E-state index in [0.717, 1.165) is 17.3 Å². The van der Waals surface area contributed by atoms with E-state index in [1.165, 1.54) is 6.20 Å². The number of aliphatic carboxylic acids is 1. The molecule has 1 aliphatic rings. The molecule has 0 aromatic carbocycles. The quantitative estimate of drug-likeness (QED) is 0.620. The molecule has 0 spiro atoms. The summed E-state index contributed by atoms with van der Waals surface area (Å²) < 4.78 is 71.7. The van der Waals surface area contributed by atoms with Gasteiger partial charge in [-0.05, 0) is 24.3 Å². The zero-order chi connectivity index (χ0) is 22.8. The molecule has 0 saturated carbocycles. The number of likely N-dealkylation sites (tertiary alicyclic amines) is 1. The lowest BCUT2D eigenvalue weighted by atomic mass is 9.99. The Hall–Kier alpha value is -3.22. The van der Waals surface area contributed by atoms with E-state index in [0.29, 0.717) is 19.6 Å². The smallest absolute Gasteiger partial charge is 0.475 e. The Morgan fingerprint density at radius 1 is 1.13 bits per heavy atom. The van der Waals surface area contributed by atoms with Crippen LogP contribution in [-0.4, -0.2) is 54.8 Å². The van der Waals surface area contributed by atoms with E-state index in [-0.39, 0.29) is 11.7 Å². The SMILES string of the molecule is FC(F)(F)c1ccnc(C2CN(Cc3cc4ccccn4n3)C2)n1.O=C(O)C(F)(F)F. The maximum Gasteiger partial charge on any atom is 0.490 e. The maximum atomic E-state index is 12.7. The zero-order valence-electron chi connectivity index (χ0n) is 15.6. The van der Waals surface area contributed by atoms with Crippen molar-refractivity contribution in [2.45, 2.75) is 24.8 Å². The van der Waals surface area contributed by atoms with Gasteiger partial charge in [-0.2, -0.15) is 31.4 Å². The Kier molecular flexibility index (Phi) is 6.15. The van der Waals surface area contributed by atoms with Crippen LogP contribution in [0.25, 0.3) is 5.52 Å². The fourth-order valence-corrected chi connectivity index (χ4v) is 2.89. The van der Waals surface area contributed by atoms with E-state index in [2.05, 4.69) is 20.0 Å². The number of alkyl halides is 6. The number of fused-ring (bicyclic) bond motifs is 1. The summed E-state index contributed by atoms with van der Waals surface area (Å²) >= 11 is 0. The van der Waals surface area contributed by atoms with E-state index in [1.54, 1.807) is 0 Å². The summed E-state index contributed by atoms with van der Waals surface area (Å²) in [5.74, 6) is -2.56. The lowest BCUT2D eigenvalue weighted by Gasteiger charge is -2.37. The minimum Gasteiger partial charge on any atom is -0.475 e. The number of nitrogens with zero attached hydrogens (tertiary/aromatic N) is 5. The lowest BCUT2D eigenvalue weighted by molar-refractivity contribution is -0.192. The third kappa shape index (κ3) is 5.69. The third-order valence-corrected chi connectivity index (χ3v) is 4.34. The highest BCUT2D eigenvalue weighted by molar-refractivity contribution is 5.73. The van der Waals surface area contributed by atoms with Gasteiger partial charge < -0.3 is 5.11 Å². The average Bonchev–Trinajstić information content (AvgIpc) is 3.06. The molecule has 3 aromatic heterocycles. The molecule has 0 atom stereocenters. The molecule has 0 bridgehead atoms. The van der Waals surface area contributed by atoms with Crippen LogP contribution < -0.4 is 0 Å². The number of carbonyl (C=O) groups is 1. The first-order chi connectivity index (χ1) is 14.4. The number of aromatic nitrogens is 4. The molecule has 4 heterocycles. The van der Waals surface area contributed by atoms with Crippen molar-refractivity contribution in [1.29, 1.82) is 0 Å². The van der Waals surface area contributed by atoms with Gasteiger partial charge in [-0.3, -0.25) is 4.90 Å². The second-order valence-electron chi connectivity index (χ2n) is 6.70. The van der Waals surface area contributed by atoms with Crippen molar-refractivity contribution >= 4 is 11.5 Å². The molecular weight excluding hydrogens is 432 g/mol. The Morgan fingerprint density at radius 3 is 2.39 bits per heavy atom. The first-order valence-corrected chi connectivity index (χ1v) is 8.79. The van der Waals surface area contributed by atoms with Crippen molar-refractivity contribution in [2.75, 3.05) is 13.1 Å². The van der Waals surface area contributed by atoms with Crippen LogP contribution in [0.3, 0.4) is 0 Å². The first-order valence-electron chi connectivity index (χ1n) is 8.79. The summed E-state index contributed by atoms with van der Waals surface area (Å²) in [6.45, 7) is 1.93. The molecule has 1 aliphatic heterocycles. The van der Waals surface area contributed by atoms with Crippen LogP contribution in [0.5, 0.6) is 0 Å². The Bertz CT molecular complexity index is 1030. The summed E-state index contributed by atoms with van der Waals surface area (Å²) in [6.07, 6.45) is -6.46. The standard InChI is InChI=1S/C16H14F3N5.C2HF3O2/c17-16(18,19)14-4-5-20-15(21-14)11-8-23(9-11)10-12-7-13-3-1-2-6-24(13)22-12;3-2(4,5)1(6)7/h1-7,11H,8-10H2;(H,6,7). The minimum atomic E-state index is -5.08. The highest BCUT2D eigenvalue weighted by Crippen LogP contribution is 2.30. The molecule has 1 N–H and O–H groups in total. The van der Waals surface area contributed by atoms with Crippen LogP contribution in [0.15, 0.2) is 42.7 Å². The lowest BCUT2D eigenvalue weighted by Crippen LogP contribution is -2.45. The van der Waals surface area contributed by atoms with Crippen LogP contribution in [0, 0.1) is 0 Å². The van der Waals surface area contributed by atoms with Crippen molar-refractivity contribution in [3.8, 4) is 0 Å². The average molecular weight is 447 g/mol. The van der Waals surface area contributed by atoms with Crippen LogP contribution in [0.4, 0.5) is 26.3 Å². The summed E-state index contributed by atoms with van der Waals surface area (Å²) in [5, 5.41) is 11.6. The summed E-state index contributed by atoms with van der Waals surface area (Å²) in [7, 11) is 0. The predicted octanol–water partition coefficient (Wildman–Crippen LogP) is 3.38. The van der Waals surface area contributed by atoms with Crippen LogP contribution in [0.2, 0.25) is 0 Å². The largest absolute Gasteiger partial charge is 0.490 e. The molecule has 7 nitrogen and oxygen atoms in total. The van der Waals surface area contributed by atoms with Gasteiger partial charge in [0.05, 0.1) is 11.2 Å². The zero-order valence-corrected chi connectivity index (χ0v) is 15.6. The highest BCUT2D eigenvalue weighted by Gasteiger charge is 2.38. The van der Waals surface area contributed by atoms with Gasteiger partial charge in [0.2, 0.25) is 0 Å². The van der Waals surface area contributed by atoms with Gasteiger partial charge in [0.15, 0.2) is 0 Å². The summed E-state index contributed by atoms with van der Waals surface area (Å²) in [6, 6.07) is 8.75. The molecular formula is C18H15F6N5O2. The van der Waals surface area contributed by atoms with Gasteiger partial charge in [-0.15, -0.1) is 0 Å². The van der Waals surface area contributed by atoms with Crippen LogP contribution in [-0.2, 0) is 17.5 Å². The van der Waals surface area contributed by atoms with Gasteiger partial charge in [0, 0.05) is 37.9 Å². The second kappa shape index (κ2) is 8.49. The number of hydrogen-bond donors (Lipinski definition) is 1. The van der Waals surface area contributed by atoms with E-state index in [1.807, 2.05) is 35.0 Å². The summed E-state index contributed by atoms with van der Waals surface area (Å²) in [4.78, 5) is 18.7. The molecule has 3 aromatic rings. The Morgan fingerprint density at radius 2 is 1.81 bits per heavy atom. The number of pyridine rings is 1. The van der Waals surface area contributed by atoms with Crippen molar-refractivity contribution in [1.82, 2.24) is 24.5 Å². The normalized spacial score (nSPS) is 15.3. The molecule has 31 heavy (non-hydrogen) atoms. The fraction of sp³-hybridized carbons (Fsp3) is 0.333. The molecule has 0 unspecified atom stereocenters. The molecule has 1 fully saturated rings. The molecule has 0 aliphatic carbocycles. The predicted molar refractivity (Wildman–Crippen MR) is 93.9 cm³/mol. The molecule has 0 radical (unpaired) electrons. The molecule has 0 amide bonds. The molecule has 1 saturated heterocycles. The van der Waals surface area contributed by atoms with E-state index >= 15 is 0 Å². The Balaban J connectivity index is 0.000000339. The number of carboxylic acid groups (broad SMARTS) is 1. The van der Waals surface area contributed by atoms with Gasteiger partial charge in [-0.1, -0.05) is 6.07 Å². The van der Waals surface area contributed by atoms with Crippen molar-refractivity contribution < 1.29 is 36.2 Å². The maximum absolute atomic E-state index is 12.7. The van der Waals surface area contributed by atoms with E-state index < -0.39 is 24.0 Å². The van der Waals surface area contributed by atoms with Crippen molar-refractivity contribution in [3.63, 3.8) is 0 Å². The number of rotatable bonds is 3. The monoisotopic (exact) mass is 447 g/mol. The molecule has 13 heteroatoms. The van der Waals surface area contributed by atoms with Gasteiger partial charge >= 0.3 is 18.3 Å². The van der Waals surface area contributed by atoms with Crippen molar-refractivity contribution in [3.05, 3.63) is 59.9 Å². The van der Waals surface area contributed by atoms with Crippen LogP contribution in [0.1, 0.15) is 23.1 Å². The highest BCUT2D eigenvalue weighted by atomic mass is 19.4. The van der Waals surface area contributed by atoms with E-state index in [4.69, 9.17) is 9.90 Å². The van der Waals surface area contributed by atoms with Gasteiger partial charge in [-0.25, -0.2) is 19.3 Å². The van der Waals surface area contributed by atoms with Crippen LogP contribution >= 0.6 is 0 Å².